The van der Waals surface area contributed by atoms with Gasteiger partial charge < -0.3 is 14.7 Å². The Bertz CT molecular complexity index is 641. The van der Waals surface area contributed by atoms with E-state index >= 15 is 0 Å². The Morgan fingerprint density at radius 2 is 2.00 bits per heavy atom. The first-order valence-electron chi connectivity index (χ1n) is 4.48. The Kier molecular flexibility index (Phi) is 3.04. The van der Waals surface area contributed by atoms with Gasteiger partial charge in [-0.05, 0) is 22.0 Å². The molecule has 0 atom stereocenters. The topological polar surface area (TPSA) is 83.6 Å². The van der Waals surface area contributed by atoms with Crippen LogP contribution in [0.1, 0.15) is 10.5 Å². The van der Waals surface area contributed by atoms with E-state index in [9.17, 15) is 13.6 Å². The summed E-state index contributed by atoms with van der Waals surface area (Å²) in [5.74, 6) is -5.32. The largest absolute Gasteiger partial charge is 0.504 e. The molecule has 0 fully saturated rings. The molecule has 0 aliphatic rings. The van der Waals surface area contributed by atoms with Crippen molar-refractivity contribution >= 4 is 21.9 Å². The molecule has 0 amide bonds. The van der Waals surface area contributed by atoms with Crippen molar-refractivity contribution in [1.82, 2.24) is 5.16 Å². The predicted octanol–water partition coefficient (Wildman–Crippen LogP) is 2.79. The molecule has 1 heterocycles. The molecular formula is C10H4BrF2NO4. The van der Waals surface area contributed by atoms with E-state index < -0.39 is 29.0 Å². The molecule has 5 nitrogen and oxygen atoms in total. The van der Waals surface area contributed by atoms with Gasteiger partial charge in [0.2, 0.25) is 5.82 Å². The number of carboxylic acid groups (broad SMARTS) is 1. The summed E-state index contributed by atoms with van der Waals surface area (Å²) in [5, 5.41) is 21.0. The van der Waals surface area contributed by atoms with E-state index in [0.717, 1.165) is 12.1 Å². The van der Waals surface area contributed by atoms with Gasteiger partial charge in [-0.1, -0.05) is 5.16 Å². The molecule has 2 N–H and O–H groups in total. The van der Waals surface area contributed by atoms with Crippen LogP contribution in [0.4, 0.5) is 8.78 Å². The van der Waals surface area contributed by atoms with E-state index in [-0.39, 0.29) is 15.8 Å². The van der Waals surface area contributed by atoms with Crippen LogP contribution in [-0.2, 0) is 0 Å². The van der Waals surface area contributed by atoms with Crippen molar-refractivity contribution in [2.75, 3.05) is 0 Å². The molecule has 2 aromatic rings. The van der Waals surface area contributed by atoms with Gasteiger partial charge in [-0.3, -0.25) is 0 Å². The summed E-state index contributed by atoms with van der Waals surface area (Å²) in [6, 6.07) is 2.00. The molecule has 0 aliphatic heterocycles. The van der Waals surface area contributed by atoms with E-state index in [1.54, 1.807) is 0 Å². The van der Waals surface area contributed by atoms with Crippen LogP contribution in [0.2, 0.25) is 0 Å². The van der Waals surface area contributed by atoms with E-state index in [4.69, 9.17) is 10.2 Å². The van der Waals surface area contributed by atoms with Crippen molar-refractivity contribution in [1.29, 1.82) is 0 Å². The number of halogens is 3. The van der Waals surface area contributed by atoms with E-state index in [0.29, 0.717) is 0 Å². The molecule has 0 spiro atoms. The minimum Gasteiger partial charge on any atom is -0.504 e. The number of carbonyl (C=O) groups is 1. The molecule has 0 bridgehead atoms. The number of phenolic OH excluding ortho intramolecular Hbond substituents is 1. The van der Waals surface area contributed by atoms with Crippen molar-refractivity contribution < 1.29 is 28.3 Å². The molecule has 0 saturated heterocycles. The zero-order valence-corrected chi connectivity index (χ0v) is 10.0. The first-order valence-corrected chi connectivity index (χ1v) is 5.28. The van der Waals surface area contributed by atoms with Crippen LogP contribution in [0, 0.1) is 11.6 Å². The van der Waals surface area contributed by atoms with Crippen LogP contribution in [0.15, 0.2) is 21.1 Å². The van der Waals surface area contributed by atoms with Gasteiger partial charge in [0, 0.05) is 6.07 Å². The Balaban J connectivity index is 2.60. The molecule has 1 aromatic carbocycles. The van der Waals surface area contributed by atoms with Gasteiger partial charge >= 0.3 is 5.97 Å². The monoisotopic (exact) mass is 319 g/mol. The number of hydrogen-bond acceptors (Lipinski definition) is 4. The van der Waals surface area contributed by atoms with Crippen LogP contribution >= 0.6 is 15.9 Å². The second-order valence-corrected chi connectivity index (χ2v) is 4.12. The summed E-state index contributed by atoms with van der Waals surface area (Å²) in [7, 11) is 0. The molecule has 2 rings (SSSR count). The molecule has 18 heavy (non-hydrogen) atoms. The van der Waals surface area contributed by atoms with Crippen molar-refractivity contribution in [3.8, 4) is 17.1 Å². The standard InChI is InChI=1S/C10H4BrF2NO4/c11-4-1-3(7(12)8(13)9(4)15)6-2-5(10(16)17)14-18-6/h1-2,15H,(H,16,17). The maximum absolute atomic E-state index is 13.5. The molecule has 0 radical (unpaired) electrons. The minimum atomic E-state index is -1.47. The van der Waals surface area contributed by atoms with Crippen LogP contribution in [0.25, 0.3) is 11.3 Å². The van der Waals surface area contributed by atoms with Gasteiger partial charge in [0.25, 0.3) is 0 Å². The zero-order chi connectivity index (χ0) is 13.4. The van der Waals surface area contributed by atoms with Crippen LogP contribution < -0.4 is 0 Å². The number of nitrogens with zero attached hydrogens (tertiary/aromatic N) is 1. The fourth-order valence-corrected chi connectivity index (χ4v) is 1.67. The minimum absolute atomic E-state index is 0.0929. The van der Waals surface area contributed by atoms with Gasteiger partial charge in [-0.15, -0.1) is 0 Å². The first-order chi connectivity index (χ1) is 8.41. The molecule has 94 valence electrons. The Morgan fingerprint density at radius 3 is 2.56 bits per heavy atom. The molecule has 0 aliphatic carbocycles. The second-order valence-electron chi connectivity index (χ2n) is 3.26. The third-order valence-electron chi connectivity index (χ3n) is 2.13. The number of aromatic carboxylic acids is 1. The van der Waals surface area contributed by atoms with Crippen LogP contribution in [0.3, 0.4) is 0 Å². The lowest BCUT2D eigenvalue weighted by Crippen LogP contribution is -1.94. The third-order valence-corrected chi connectivity index (χ3v) is 2.73. The maximum atomic E-state index is 13.5. The Morgan fingerprint density at radius 1 is 1.33 bits per heavy atom. The summed E-state index contributed by atoms with van der Waals surface area (Å²) in [5.41, 5.74) is -0.786. The lowest BCUT2D eigenvalue weighted by Gasteiger charge is -2.04. The molecule has 1 aromatic heterocycles. The fraction of sp³-hybridized carbons (Fsp3) is 0. The van der Waals surface area contributed by atoms with Gasteiger partial charge in [-0.25, -0.2) is 9.18 Å². The highest BCUT2D eigenvalue weighted by Gasteiger charge is 2.21. The Labute approximate surface area is 107 Å². The highest BCUT2D eigenvalue weighted by molar-refractivity contribution is 9.10. The second kappa shape index (κ2) is 4.37. The number of aromatic hydroxyl groups is 1. The molecule has 0 saturated carbocycles. The van der Waals surface area contributed by atoms with Crippen LogP contribution in [-0.4, -0.2) is 21.3 Å². The van der Waals surface area contributed by atoms with Gasteiger partial charge in [0.05, 0.1) is 10.0 Å². The average molecular weight is 320 g/mol. The van der Waals surface area contributed by atoms with Crippen molar-refractivity contribution in [3.63, 3.8) is 0 Å². The number of phenols is 1. The molecule has 8 heteroatoms. The quantitative estimate of drug-likeness (QED) is 0.831. The number of aromatic nitrogens is 1. The number of rotatable bonds is 2. The summed E-state index contributed by atoms with van der Waals surface area (Å²) in [4.78, 5) is 10.6. The fourth-order valence-electron chi connectivity index (χ4n) is 1.27. The lowest BCUT2D eigenvalue weighted by molar-refractivity contribution is 0.0686. The number of hydrogen-bond donors (Lipinski definition) is 2. The van der Waals surface area contributed by atoms with E-state index in [1.807, 2.05) is 0 Å². The highest BCUT2D eigenvalue weighted by Crippen LogP contribution is 2.35. The van der Waals surface area contributed by atoms with Gasteiger partial charge in [0.1, 0.15) is 0 Å². The van der Waals surface area contributed by atoms with Crippen molar-refractivity contribution in [2.45, 2.75) is 0 Å². The Hall–Kier alpha value is -1.96. The summed E-state index contributed by atoms with van der Waals surface area (Å²) < 4.78 is 31.3. The smallest absolute Gasteiger partial charge is 0.358 e. The van der Waals surface area contributed by atoms with Crippen molar-refractivity contribution in [2.24, 2.45) is 0 Å². The van der Waals surface area contributed by atoms with Crippen molar-refractivity contribution in [3.05, 3.63) is 33.9 Å². The summed E-state index contributed by atoms with van der Waals surface area (Å²) >= 11 is 2.83. The van der Waals surface area contributed by atoms with E-state index in [2.05, 4.69) is 25.6 Å². The van der Waals surface area contributed by atoms with E-state index in [1.165, 1.54) is 0 Å². The normalized spacial score (nSPS) is 10.6. The molecular weight excluding hydrogens is 316 g/mol. The average Bonchev–Trinajstić information content (AvgIpc) is 2.80. The first kappa shape index (κ1) is 12.5. The molecule has 0 unspecified atom stereocenters. The zero-order valence-electron chi connectivity index (χ0n) is 8.45. The third kappa shape index (κ3) is 1.94. The number of carboxylic acids is 1. The lowest BCUT2D eigenvalue weighted by atomic mass is 10.1. The predicted molar refractivity (Wildman–Crippen MR) is 58.2 cm³/mol. The SMILES string of the molecule is O=C(O)c1cc(-c2cc(Br)c(O)c(F)c2F)on1. The van der Waals surface area contributed by atoms with Gasteiger partial charge in [-0.2, -0.15) is 4.39 Å². The highest BCUT2D eigenvalue weighted by atomic mass is 79.9. The number of benzene rings is 1. The summed E-state index contributed by atoms with van der Waals surface area (Å²) in [6.45, 7) is 0. The van der Waals surface area contributed by atoms with Gasteiger partial charge in [0.15, 0.2) is 23.0 Å². The summed E-state index contributed by atoms with van der Waals surface area (Å²) in [6.07, 6.45) is 0. The maximum Gasteiger partial charge on any atom is 0.358 e. The van der Waals surface area contributed by atoms with Crippen LogP contribution in [0.5, 0.6) is 5.75 Å².